The minimum absolute atomic E-state index is 0.155. The number of thiazole rings is 1. The lowest BCUT2D eigenvalue weighted by molar-refractivity contribution is 0.0683. The highest BCUT2D eigenvalue weighted by Gasteiger charge is 2.14. The van der Waals surface area contributed by atoms with E-state index in [4.69, 9.17) is 20.9 Å². The first kappa shape index (κ1) is 15.7. The average molecular weight is 356 g/mol. The van der Waals surface area contributed by atoms with Gasteiger partial charge in [-0.25, -0.2) is 4.98 Å². The van der Waals surface area contributed by atoms with Crippen LogP contribution >= 0.6 is 34.7 Å². The van der Waals surface area contributed by atoms with Crippen molar-refractivity contribution in [2.24, 2.45) is 0 Å². The van der Waals surface area contributed by atoms with Crippen LogP contribution in [0.5, 0.6) is 0 Å². The molecule has 0 N–H and O–H groups in total. The van der Waals surface area contributed by atoms with Gasteiger partial charge in [0.15, 0.2) is 10.2 Å². The molecule has 3 rings (SSSR count). The van der Waals surface area contributed by atoms with Crippen LogP contribution in [0.15, 0.2) is 27.1 Å². The summed E-state index contributed by atoms with van der Waals surface area (Å²) in [6.07, 6.45) is -0.155. The van der Waals surface area contributed by atoms with Crippen LogP contribution < -0.4 is 0 Å². The van der Waals surface area contributed by atoms with Crippen LogP contribution in [0.4, 0.5) is 0 Å². The van der Waals surface area contributed by atoms with Gasteiger partial charge in [-0.1, -0.05) is 28.5 Å². The largest absolute Gasteiger partial charge is 0.371 e. The molecule has 5 nitrogen and oxygen atoms in total. The number of aromatic nitrogens is 3. The number of hydrogen-bond donors (Lipinski definition) is 0. The topological polar surface area (TPSA) is 61.0 Å². The first-order chi connectivity index (χ1) is 10.7. The van der Waals surface area contributed by atoms with E-state index in [2.05, 4.69) is 15.1 Å². The molecule has 1 aromatic carbocycles. The van der Waals surface area contributed by atoms with Crippen molar-refractivity contribution in [2.45, 2.75) is 30.0 Å². The predicted molar refractivity (Wildman–Crippen MR) is 88.5 cm³/mol. The molecule has 1 atom stereocenters. The Morgan fingerprint density at radius 1 is 1.41 bits per heavy atom. The van der Waals surface area contributed by atoms with Crippen molar-refractivity contribution in [3.05, 3.63) is 34.9 Å². The highest BCUT2D eigenvalue weighted by molar-refractivity contribution is 8.00. The molecule has 0 bridgehead atoms. The Labute approximate surface area is 141 Å². The van der Waals surface area contributed by atoms with E-state index in [1.807, 2.05) is 32.0 Å². The number of fused-ring (bicyclic) bond motifs is 1. The minimum atomic E-state index is -0.155. The molecule has 116 valence electrons. The van der Waals surface area contributed by atoms with Crippen LogP contribution in [0.2, 0.25) is 5.02 Å². The molecule has 22 heavy (non-hydrogen) atoms. The number of nitrogens with zero attached hydrogens (tertiary/aromatic N) is 3. The molecule has 0 radical (unpaired) electrons. The van der Waals surface area contributed by atoms with Gasteiger partial charge in [0.05, 0.1) is 16.0 Å². The molecule has 3 aromatic rings. The molecule has 2 heterocycles. The first-order valence-corrected chi connectivity index (χ1v) is 8.96. The van der Waals surface area contributed by atoms with E-state index >= 15 is 0 Å². The molecule has 0 aliphatic heterocycles. The van der Waals surface area contributed by atoms with Gasteiger partial charge in [-0.15, -0.1) is 11.3 Å². The Morgan fingerprint density at radius 3 is 3.09 bits per heavy atom. The summed E-state index contributed by atoms with van der Waals surface area (Å²) < 4.78 is 12.7. The van der Waals surface area contributed by atoms with Crippen molar-refractivity contribution < 1.29 is 9.26 Å². The molecule has 0 saturated heterocycles. The SMILES string of the molecule is CCOC(C)c1noc(CSc2nc3cc(Cl)ccc3s2)n1. The van der Waals surface area contributed by atoms with E-state index in [-0.39, 0.29) is 6.10 Å². The third kappa shape index (κ3) is 3.60. The Kier molecular flexibility index (Phi) is 4.97. The van der Waals surface area contributed by atoms with Gasteiger partial charge in [0.25, 0.3) is 0 Å². The first-order valence-electron chi connectivity index (χ1n) is 6.78. The standard InChI is InChI=1S/C14H14ClN3O2S2/c1-3-19-8(2)13-17-12(20-18-13)7-21-14-16-10-6-9(15)4-5-11(10)22-14/h4-6,8H,3,7H2,1-2H3. The molecule has 0 aliphatic rings. The summed E-state index contributed by atoms with van der Waals surface area (Å²) in [6, 6.07) is 5.72. The molecule has 8 heteroatoms. The quantitative estimate of drug-likeness (QED) is 0.596. The average Bonchev–Trinajstić information content (AvgIpc) is 3.11. The van der Waals surface area contributed by atoms with Crippen LogP contribution in [0.25, 0.3) is 10.2 Å². The smallest absolute Gasteiger partial charge is 0.237 e. The number of hydrogen-bond acceptors (Lipinski definition) is 7. The zero-order chi connectivity index (χ0) is 15.5. The van der Waals surface area contributed by atoms with Crippen LogP contribution in [-0.4, -0.2) is 21.7 Å². The molecule has 0 saturated carbocycles. The van der Waals surface area contributed by atoms with Crippen molar-refractivity contribution in [3.8, 4) is 0 Å². The summed E-state index contributed by atoms with van der Waals surface area (Å²) in [5.41, 5.74) is 0.913. The van der Waals surface area contributed by atoms with Crippen molar-refractivity contribution in [1.29, 1.82) is 0 Å². The molecule has 1 unspecified atom stereocenters. The van der Waals surface area contributed by atoms with Gasteiger partial charge in [-0.2, -0.15) is 4.98 Å². The van der Waals surface area contributed by atoms with Crippen LogP contribution in [0.3, 0.4) is 0 Å². The molecule has 0 amide bonds. The number of benzene rings is 1. The van der Waals surface area contributed by atoms with E-state index in [0.717, 1.165) is 14.6 Å². The summed E-state index contributed by atoms with van der Waals surface area (Å²) in [5, 5.41) is 4.64. The van der Waals surface area contributed by atoms with Gasteiger partial charge in [-0.3, -0.25) is 0 Å². The minimum Gasteiger partial charge on any atom is -0.371 e. The summed E-state index contributed by atoms with van der Waals surface area (Å²) in [6.45, 7) is 4.46. The van der Waals surface area contributed by atoms with E-state index in [0.29, 0.717) is 29.1 Å². The normalized spacial score (nSPS) is 12.9. The van der Waals surface area contributed by atoms with Gasteiger partial charge in [0, 0.05) is 11.6 Å². The Morgan fingerprint density at radius 2 is 2.27 bits per heavy atom. The number of ether oxygens (including phenoxy) is 1. The summed E-state index contributed by atoms with van der Waals surface area (Å²) in [4.78, 5) is 8.89. The zero-order valence-corrected chi connectivity index (χ0v) is 14.5. The Bertz CT molecular complexity index is 774. The number of thioether (sulfide) groups is 1. The van der Waals surface area contributed by atoms with E-state index in [1.165, 1.54) is 0 Å². The highest BCUT2D eigenvalue weighted by Crippen LogP contribution is 2.32. The fourth-order valence-electron chi connectivity index (χ4n) is 1.88. The van der Waals surface area contributed by atoms with Gasteiger partial charge in [0.2, 0.25) is 5.89 Å². The van der Waals surface area contributed by atoms with Crippen molar-refractivity contribution >= 4 is 44.9 Å². The Hall–Kier alpha value is -1.15. The third-order valence-corrected chi connectivity index (χ3v) is 5.31. The van der Waals surface area contributed by atoms with Gasteiger partial charge in [0.1, 0.15) is 6.10 Å². The van der Waals surface area contributed by atoms with E-state index in [9.17, 15) is 0 Å². The lowest BCUT2D eigenvalue weighted by Crippen LogP contribution is -2.01. The predicted octanol–water partition coefficient (Wildman–Crippen LogP) is 4.72. The summed E-state index contributed by atoms with van der Waals surface area (Å²) >= 11 is 9.17. The lowest BCUT2D eigenvalue weighted by atomic mass is 10.3. The highest BCUT2D eigenvalue weighted by atomic mass is 35.5. The molecular weight excluding hydrogens is 342 g/mol. The second-order valence-corrected chi connectivity index (χ2v) is 7.21. The summed E-state index contributed by atoms with van der Waals surface area (Å²) in [5.74, 6) is 1.73. The maximum Gasteiger partial charge on any atom is 0.237 e. The maximum atomic E-state index is 5.97. The third-order valence-electron chi connectivity index (χ3n) is 2.91. The van der Waals surface area contributed by atoms with Gasteiger partial charge >= 0.3 is 0 Å². The van der Waals surface area contributed by atoms with Crippen LogP contribution in [0, 0.1) is 0 Å². The fourth-order valence-corrected chi connectivity index (χ4v) is 3.93. The van der Waals surface area contributed by atoms with E-state index < -0.39 is 0 Å². The maximum absolute atomic E-state index is 5.97. The second-order valence-electron chi connectivity index (χ2n) is 4.52. The zero-order valence-electron chi connectivity index (χ0n) is 12.1. The summed E-state index contributed by atoms with van der Waals surface area (Å²) in [7, 11) is 0. The molecular formula is C14H14ClN3O2S2. The Balaban J connectivity index is 1.66. The fraction of sp³-hybridized carbons (Fsp3) is 0.357. The van der Waals surface area contributed by atoms with Crippen LogP contribution in [0.1, 0.15) is 31.7 Å². The van der Waals surface area contributed by atoms with Crippen LogP contribution in [-0.2, 0) is 10.5 Å². The van der Waals surface area contributed by atoms with E-state index in [1.54, 1.807) is 23.1 Å². The molecule has 0 fully saturated rings. The second kappa shape index (κ2) is 6.95. The van der Waals surface area contributed by atoms with Crippen molar-refractivity contribution in [1.82, 2.24) is 15.1 Å². The van der Waals surface area contributed by atoms with Crippen molar-refractivity contribution in [3.63, 3.8) is 0 Å². The lowest BCUT2D eigenvalue weighted by Gasteiger charge is -2.04. The number of rotatable bonds is 6. The van der Waals surface area contributed by atoms with Crippen molar-refractivity contribution in [2.75, 3.05) is 6.61 Å². The van der Waals surface area contributed by atoms with Gasteiger partial charge < -0.3 is 9.26 Å². The molecule has 0 aliphatic carbocycles. The molecule has 0 spiro atoms. The number of halogens is 1. The monoisotopic (exact) mass is 355 g/mol. The molecule has 2 aromatic heterocycles. The van der Waals surface area contributed by atoms with Gasteiger partial charge in [-0.05, 0) is 32.0 Å².